The standard InChI is InChI=1S/C20H20ClN3O3/c1-13(15-7-9-16(21)10-8-15)22-18(25)12-24-19(26)17(23-20(24)27)11-14-5-3-2-4-6-14/h2-10,13,17H,11-12H2,1H3,(H,22,25)(H,23,27)/t13-,17+/m0/s1. The smallest absolute Gasteiger partial charge is 0.325 e. The quantitative estimate of drug-likeness (QED) is 0.750. The molecule has 27 heavy (non-hydrogen) atoms. The second-order valence-electron chi connectivity index (χ2n) is 6.46. The number of amides is 4. The van der Waals surface area contributed by atoms with Gasteiger partial charge in [0.15, 0.2) is 0 Å². The van der Waals surface area contributed by atoms with Crippen molar-refractivity contribution in [3.8, 4) is 0 Å². The molecule has 0 unspecified atom stereocenters. The van der Waals surface area contributed by atoms with E-state index in [1.54, 1.807) is 12.1 Å². The molecule has 1 saturated heterocycles. The number of imide groups is 1. The molecule has 2 aromatic carbocycles. The summed E-state index contributed by atoms with van der Waals surface area (Å²) in [5.74, 6) is -0.792. The molecule has 140 valence electrons. The minimum atomic E-state index is -0.651. The summed E-state index contributed by atoms with van der Waals surface area (Å²) < 4.78 is 0. The zero-order chi connectivity index (χ0) is 19.4. The van der Waals surface area contributed by atoms with Crippen molar-refractivity contribution >= 4 is 29.4 Å². The van der Waals surface area contributed by atoms with Gasteiger partial charge >= 0.3 is 6.03 Å². The van der Waals surface area contributed by atoms with Crippen molar-refractivity contribution in [2.24, 2.45) is 0 Å². The lowest BCUT2D eigenvalue weighted by Gasteiger charge is -2.17. The maximum absolute atomic E-state index is 12.5. The Morgan fingerprint density at radius 3 is 2.48 bits per heavy atom. The lowest BCUT2D eigenvalue weighted by atomic mass is 10.1. The Balaban J connectivity index is 1.58. The molecular formula is C20H20ClN3O3. The van der Waals surface area contributed by atoms with Crippen LogP contribution in [0.2, 0.25) is 5.02 Å². The van der Waals surface area contributed by atoms with E-state index in [4.69, 9.17) is 11.6 Å². The molecule has 0 bridgehead atoms. The molecule has 0 saturated carbocycles. The van der Waals surface area contributed by atoms with Crippen LogP contribution in [0.3, 0.4) is 0 Å². The molecule has 7 heteroatoms. The van der Waals surface area contributed by atoms with Crippen molar-refractivity contribution in [3.05, 3.63) is 70.7 Å². The Kier molecular flexibility index (Phi) is 5.76. The van der Waals surface area contributed by atoms with Crippen LogP contribution >= 0.6 is 11.6 Å². The molecule has 6 nitrogen and oxygen atoms in total. The first kappa shape index (κ1) is 18.9. The third-order valence-corrected chi connectivity index (χ3v) is 4.69. The summed E-state index contributed by atoms with van der Waals surface area (Å²) >= 11 is 5.86. The highest BCUT2D eigenvalue weighted by Crippen LogP contribution is 2.16. The fraction of sp³-hybridized carbons (Fsp3) is 0.250. The molecule has 0 aliphatic carbocycles. The van der Waals surface area contributed by atoms with E-state index >= 15 is 0 Å². The number of hydrogen-bond donors (Lipinski definition) is 2. The lowest BCUT2D eigenvalue weighted by Crippen LogP contribution is -2.42. The van der Waals surface area contributed by atoms with Gasteiger partial charge in [-0.1, -0.05) is 54.1 Å². The van der Waals surface area contributed by atoms with Crippen molar-refractivity contribution in [3.63, 3.8) is 0 Å². The molecule has 2 aromatic rings. The van der Waals surface area contributed by atoms with Gasteiger partial charge in [-0.3, -0.25) is 14.5 Å². The molecule has 2 atom stereocenters. The molecule has 2 N–H and O–H groups in total. The third-order valence-electron chi connectivity index (χ3n) is 4.44. The van der Waals surface area contributed by atoms with Crippen LogP contribution in [-0.2, 0) is 16.0 Å². The number of carbonyl (C=O) groups excluding carboxylic acids is 3. The lowest BCUT2D eigenvalue weighted by molar-refractivity contribution is -0.132. The fourth-order valence-corrected chi connectivity index (χ4v) is 3.11. The first-order valence-corrected chi connectivity index (χ1v) is 9.02. The topological polar surface area (TPSA) is 78.5 Å². The van der Waals surface area contributed by atoms with E-state index in [0.29, 0.717) is 11.4 Å². The average molecular weight is 386 g/mol. The van der Waals surface area contributed by atoms with Gasteiger partial charge in [0, 0.05) is 11.4 Å². The van der Waals surface area contributed by atoms with Crippen LogP contribution in [0.25, 0.3) is 0 Å². The number of nitrogens with zero attached hydrogens (tertiary/aromatic N) is 1. The van der Waals surface area contributed by atoms with Crippen molar-refractivity contribution < 1.29 is 14.4 Å². The Morgan fingerprint density at radius 1 is 1.15 bits per heavy atom. The van der Waals surface area contributed by atoms with Gasteiger partial charge in [-0.15, -0.1) is 0 Å². The van der Waals surface area contributed by atoms with E-state index in [2.05, 4.69) is 10.6 Å². The Bertz CT molecular complexity index is 839. The number of hydrogen-bond acceptors (Lipinski definition) is 3. The summed E-state index contributed by atoms with van der Waals surface area (Å²) in [4.78, 5) is 37.9. The van der Waals surface area contributed by atoms with Crippen LogP contribution in [0.5, 0.6) is 0 Å². The van der Waals surface area contributed by atoms with E-state index in [1.165, 1.54) is 0 Å². The number of benzene rings is 2. The first-order chi connectivity index (χ1) is 12.9. The van der Waals surface area contributed by atoms with E-state index in [1.807, 2.05) is 49.4 Å². The molecule has 0 aromatic heterocycles. The van der Waals surface area contributed by atoms with E-state index in [9.17, 15) is 14.4 Å². The van der Waals surface area contributed by atoms with Crippen LogP contribution < -0.4 is 10.6 Å². The number of halogens is 1. The molecule has 1 heterocycles. The number of carbonyl (C=O) groups is 3. The minimum absolute atomic E-state index is 0.268. The maximum atomic E-state index is 12.5. The monoisotopic (exact) mass is 385 g/mol. The van der Waals surface area contributed by atoms with Gasteiger partial charge in [-0.2, -0.15) is 0 Å². The molecule has 0 spiro atoms. The van der Waals surface area contributed by atoms with Gasteiger partial charge in [0.05, 0.1) is 6.04 Å². The third kappa shape index (κ3) is 4.65. The zero-order valence-corrected chi connectivity index (χ0v) is 15.6. The summed E-state index contributed by atoms with van der Waals surface area (Å²) in [7, 11) is 0. The molecule has 3 rings (SSSR count). The van der Waals surface area contributed by atoms with Gasteiger partial charge in [0.2, 0.25) is 5.91 Å². The summed E-state index contributed by atoms with van der Waals surface area (Å²) in [5, 5.41) is 6.05. The molecule has 4 amide bonds. The normalized spacial score (nSPS) is 17.6. The summed E-state index contributed by atoms with van der Waals surface area (Å²) in [6.45, 7) is 1.51. The predicted molar refractivity (Wildman–Crippen MR) is 102 cm³/mol. The largest absolute Gasteiger partial charge is 0.348 e. The van der Waals surface area contributed by atoms with Gasteiger partial charge < -0.3 is 10.6 Å². The van der Waals surface area contributed by atoms with Gasteiger partial charge in [0.25, 0.3) is 5.91 Å². The van der Waals surface area contributed by atoms with Gasteiger partial charge in [0.1, 0.15) is 12.6 Å². The van der Waals surface area contributed by atoms with E-state index in [-0.39, 0.29) is 12.6 Å². The molecule has 1 fully saturated rings. The van der Waals surface area contributed by atoms with Gasteiger partial charge in [-0.25, -0.2) is 4.79 Å². The van der Waals surface area contributed by atoms with Crippen molar-refractivity contribution in [2.75, 3.05) is 6.54 Å². The van der Waals surface area contributed by atoms with Crippen molar-refractivity contribution in [2.45, 2.75) is 25.4 Å². The highest BCUT2D eigenvalue weighted by atomic mass is 35.5. The molecule has 1 aliphatic rings. The van der Waals surface area contributed by atoms with E-state index < -0.39 is 23.9 Å². The SMILES string of the molecule is C[C@H](NC(=O)CN1C(=O)N[C@H](Cc2ccccc2)C1=O)c1ccc(Cl)cc1. The fourth-order valence-electron chi connectivity index (χ4n) is 2.98. The summed E-state index contributed by atoms with van der Waals surface area (Å²) in [5.41, 5.74) is 1.82. The van der Waals surface area contributed by atoms with Crippen LogP contribution in [0.4, 0.5) is 4.79 Å². The average Bonchev–Trinajstić information content (AvgIpc) is 2.90. The minimum Gasteiger partial charge on any atom is -0.348 e. The first-order valence-electron chi connectivity index (χ1n) is 8.64. The van der Waals surface area contributed by atoms with Crippen LogP contribution in [0, 0.1) is 0 Å². The number of nitrogens with one attached hydrogen (secondary N) is 2. The Hall–Kier alpha value is -2.86. The second kappa shape index (κ2) is 8.22. The summed E-state index contributed by atoms with van der Waals surface area (Å²) in [6.07, 6.45) is 0.394. The molecule has 0 radical (unpaired) electrons. The van der Waals surface area contributed by atoms with Crippen LogP contribution in [-0.4, -0.2) is 35.3 Å². The Morgan fingerprint density at radius 2 is 1.81 bits per heavy atom. The Labute approximate surface area is 162 Å². The molecule has 1 aliphatic heterocycles. The van der Waals surface area contributed by atoms with Crippen LogP contribution in [0.1, 0.15) is 24.1 Å². The second-order valence-corrected chi connectivity index (χ2v) is 6.89. The zero-order valence-electron chi connectivity index (χ0n) is 14.8. The van der Waals surface area contributed by atoms with Crippen LogP contribution in [0.15, 0.2) is 54.6 Å². The predicted octanol–water partition coefficient (Wildman–Crippen LogP) is 2.68. The number of rotatable bonds is 6. The van der Waals surface area contributed by atoms with Crippen molar-refractivity contribution in [1.82, 2.24) is 15.5 Å². The summed E-state index contributed by atoms with van der Waals surface area (Å²) in [6, 6.07) is 15.1. The van der Waals surface area contributed by atoms with Crippen molar-refractivity contribution in [1.29, 1.82) is 0 Å². The number of urea groups is 1. The van der Waals surface area contributed by atoms with Gasteiger partial charge in [-0.05, 0) is 30.2 Å². The maximum Gasteiger partial charge on any atom is 0.325 e. The highest BCUT2D eigenvalue weighted by Gasteiger charge is 2.38. The molecular weight excluding hydrogens is 366 g/mol. The van der Waals surface area contributed by atoms with E-state index in [0.717, 1.165) is 16.0 Å². The highest BCUT2D eigenvalue weighted by molar-refractivity contribution is 6.30.